The molecular weight excluding hydrogens is 254 g/mol. The molecule has 20 heavy (non-hydrogen) atoms. The van der Waals surface area contributed by atoms with Gasteiger partial charge in [0.05, 0.1) is 0 Å². The summed E-state index contributed by atoms with van der Waals surface area (Å²) in [5.41, 5.74) is 0.463. The number of amides is 1. The van der Waals surface area contributed by atoms with E-state index in [0.29, 0.717) is 0 Å². The van der Waals surface area contributed by atoms with Crippen molar-refractivity contribution in [2.75, 3.05) is 0 Å². The van der Waals surface area contributed by atoms with E-state index in [0.717, 1.165) is 44.1 Å². The Labute approximate surface area is 120 Å². The summed E-state index contributed by atoms with van der Waals surface area (Å²) in [5.74, 6) is 0.0511. The number of carbonyl (C=O) groups excluding carboxylic acids is 1. The summed E-state index contributed by atoms with van der Waals surface area (Å²) in [6.45, 7) is 5.70. The van der Waals surface area contributed by atoms with E-state index in [-0.39, 0.29) is 17.7 Å². The van der Waals surface area contributed by atoms with Gasteiger partial charge in [-0.2, -0.15) is 0 Å². The minimum Gasteiger partial charge on any atom is -0.465 e. The zero-order valence-corrected chi connectivity index (χ0v) is 12.7. The fraction of sp³-hybridized carbons (Fsp3) is 0.750. The van der Waals surface area contributed by atoms with Gasteiger partial charge >= 0.3 is 6.09 Å². The maximum absolute atomic E-state index is 12.6. The quantitative estimate of drug-likeness (QED) is 0.858. The monoisotopic (exact) mass is 279 g/mol. The molecule has 0 saturated heterocycles. The molecule has 0 aromatic heterocycles. The Morgan fingerprint density at radius 1 is 1.25 bits per heavy atom. The third-order valence-electron chi connectivity index (χ3n) is 4.43. The summed E-state index contributed by atoms with van der Waals surface area (Å²) in [6, 6.07) is -0.165. The number of Topliss-reactive ketones (excluding diaryl/α,β-unsaturated/α-hetero) is 1. The average molecular weight is 279 g/mol. The molecule has 4 heteroatoms. The van der Waals surface area contributed by atoms with Crippen LogP contribution in [-0.2, 0) is 4.79 Å². The summed E-state index contributed by atoms with van der Waals surface area (Å²) < 4.78 is 0. The van der Waals surface area contributed by atoms with Gasteiger partial charge in [-0.1, -0.05) is 12.5 Å². The zero-order chi connectivity index (χ0) is 14.9. The summed E-state index contributed by atoms with van der Waals surface area (Å²) in [6.07, 6.45) is 6.59. The second-order valence-electron chi connectivity index (χ2n) is 6.91. The number of allylic oxidation sites excluding steroid dienone is 2. The number of hydrogen-bond donors (Lipinski definition) is 1. The SMILES string of the molecule is CC(C)(C)N(C(=O)O)C1CCCC1C(=O)C1=CCCC1. The van der Waals surface area contributed by atoms with Crippen LogP contribution < -0.4 is 0 Å². The minimum atomic E-state index is -0.914. The normalized spacial score (nSPS) is 26.4. The molecule has 2 rings (SSSR count). The molecule has 1 amide bonds. The van der Waals surface area contributed by atoms with Crippen LogP contribution >= 0.6 is 0 Å². The van der Waals surface area contributed by atoms with E-state index >= 15 is 0 Å². The van der Waals surface area contributed by atoms with Crippen LogP contribution in [-0.4, -0.2) is 33.5 Å². The Hall–Kier alpha value is -1.32. The highest BCUT2D eigenvalue weighted by Crippen LogP contribution is 2.37. The maximum Gasteiger partial charge on any atom is 0.408 e. The van der Waals surface area contributed by atoms with Crippen LogP contribution in [0.15, 0.2) is 11.6 Å². The van der Waals surface area contributed by atoms with Gasteiger partial charge in [0.25, 0.3) is 0 Å². The minimum absolute atomic E-state index is 0.144. The third kappa shape index (κ3) is 2.89. The molecular formula is C16H25NO3. The lowest BCUT2D eigenvalue weighted by atomic mass is 9.89. The molecule has 2 aliphatic carbocycles. The highest BCUT2D eigenvalue weighted by Gasteiger charge is 2.43. The summed E-state index contributed by atoms with van der Waals surface area (Å²) in [4.78, 5) is 25.7. The number of ketones is 1. The van der Waals surface area contributed by atoms with E-state index < -0.39 is 11.6 Å². The van der Waals surface area contributed by atoms with Gasteiger partial charge in [0, 0.05) is 17.5 Å². The average Bonchev–Trinajstić information content (AvgIpc) is 2.96. The van der Waals surface area contributed by atoms with Crippen LogP contribution in [0.2, 0.25) is 0 Å². The van der Waals surface area contributed by atoms with E-state index in [1.807, 2.05) is 26.8 Å². The van der Waals surface area contributed by atoms with Crippen LogP contribution in [0.4, 0.5) is 4.79 Å². The van der Waals surface area contributed by atoms with Crippen molar-refractivity contribution in [2.24, 2.45) is 5.92 Å². The van der Waals surface area contributed by atoms with Gasteiger partial charge < -0.3 is 5.11 Å². The molecule has 0 spiro atoms. The molecule has 0 radical (unpaired) electrons. The third-order valence-corrected chi connectivity index (χ3v) is 4.43. The highest BCUT2D eigenvalue weighted by molar-refractivity contribution is 5.98. The molecule has 1 fully saturated rings. The molecule has 0 heterocycles. The first kappa shape index (κ1) is 15.1. The maximum atomic E-state index is 12.6. The van der Waals surface area contributed by atoms with Gasteiger partial charge in [-0.15, -0.1) is 0 Å². The van der Waals surface area contributed by atoms with E-state index in [9.17, 15) is 14.7 Å². The molecule has 112 valence electrons. The molecule has 2 aliphatic rings. The molecule has 0 aliphatic heterocycles. The van der Waals surface area contributed by atoms with Crippen molar-refractivity contribution in [3.8, 4) is 0 Å². The second-order valence-corrected chi connectivity index (χ2v) is 6.91. The topological polar surface area (TPSA) is 57.6 Å². The number of rotatable bonds is 3. The molecule has 0 bridgehead atoms. The van der Waals surface area contributed by atoms with E-state index in [4.69, 9.17) is 0 Å². The molecule has 1 saturated carbocycles. The Bertz CT molecular complexity index is 433. The Kier molecular flexibility index (Phi) is 4.21. The Morgan fingerprint density at radius 3 is 2.45 bits per heavy atom. The molecule has 0 aromatic rings. The highest BCUT2D eigenvalue weighted by atomic mass is 16.4. The number of nitrogens with zero attached hydrogens (tertiary/aromatic N) is 1. The van der Waals surface area contributed by atoms with E-state index in [2.05, 4.69) is 0 Å². The van der Waals surface area contributed by atoms with Crippen LogP contribution in [0.5, 0.6) is 0 Å². The molecule has 2 unspecified atom stereocenters. The molecule has 2 atom stereocenters. The Balaban J connectivity index is 2.21. The van der Waals surface area contributed by atoms with Crippen molar-refractivity contribution in [1.29, 1.82) is 0 Å². The van der Waals surface area contributed by atoms with Crippen molar-refractivity contribution < 1.29 is 14.7 Å². The van der Waals surface area contributed by atoms with Gasteiger partial charge in [0.15, 0.2) is 5.78 Å². The molecule has 1 N–H and O–H groups in total. The smallest absolute Gasteiger partial charge is 0.408 e. The van der Waals surface area contributed by atoms with Crippen LogP contribution in [0.3, 0.4) is 0 Å². The number of carboxylic acid groups (broad SMARTS) is 1. The van der Waals surface area contributed by atoms with E-state index in [1.165, 1.54) is 4.90 Å². The Morgan fingerprint density at radius 2 is 1.95 bits per heavy atom. The summed E-state index contributed by atoms with van der Waals surface area (Å²) >= 11 is 0. The summed E-state index contributed by atoms with van der Waals surface area (Å²) in [5, 5.41) is 9.53. The largest absolute Gasteiger partial charge is 0.465 e. The first-order valence-corrected chi connectivity index (χ1v) is 7.58. The lowest BCUT2D eigenvalue weighted by Crippen LogP contribution is -2.53. The fourth-order valence-electron chi connectivity index (χ4n) is 3.61. The lowest BCUT2D eigenvalue weighted by molar-refractivity contribution is -0.121. The first-order valence-electron chi connectivity index (χ1n) is 7.58. The predicted molar refractivity (Wildman–Crippen MR) is 77.7 cm³/mol. The first-order chi connectivity index (χ1) is 9.32. The van der Waals surface area contributed by atoms with Gasteiger partial charge in [-0.3, -0.25) is 9.69 Å². The lowest BCUT2D eigenvalue weighted by Gasteiger charge is -2.40. The van der Waals surface area contributed by atoms with Crippen molar-refractivity contribution in [3.05, 3.63) is 11.6 Å². The van der Waals surface area contributed by atoms with Crippen LogP contribution in [0.25, 0.3) is 0 Å². The predicted octanol–water partition coefficient (Wildman–Crippen LogP) is 3.61. The van der Waals surface area contributed by atoms with E-state index in [1.54, 1.807) is 0 Å². The fourth-order valence-corrected chi connectivity index (χ4v) is 3.61. The number of carbonyl (C=O) groups is 2. The van der Waals surface area contributed by atoms with Crippen molar-refractivity contribution in [2.45, 2.75) is 70.9 Å². The van der Waals surface area contributed by atoms with Crippen LogP contribution in [0.1, 0.15) is 59.3 Å². The van der Waals surface area contributed by atoms with Crippen LogP contribution in [0, 0.1) is 5.92 Å². The zero-order valence-electron chi connectivity index (χ0n) is 12.7. The standard InChI is InChI=1S/C16H25NO3/c1-16(2,3)17(15(19)20)13-10-6-9-12(13)14(18)11-7-4-5-8-11/h7,12-13H,4-6,8-10H2,1-3H3,(H,19,20). The van der Waals surface area contributed by atoms with Crippen molar-refractivity contribution in [3.63, 3.8) is 0 Å². The second kappa shape index (κ2) is 5.58. The molecule has 0 aromatic carbocycles. The number of hydrogen-bond acceptors (Lipinski definition) is 2. The van der Waals surface area contributed by atoms with Gasteiger partial charge in [0.1, 0.15) is 0 Å². The van der Waals surface area contributed by atoms with Crippen molar-refractivity contribution in [1.82, 2.24) is 4.90 Å². The van der Waals surface area contributed by atoms with Gasteiger partial charge in [-0.25, -0.2) is 4.79 Å². The van der Waals surface area contributed by atoms with Gasteiger partial charge in [0.2, 0.25) is 0 Å². The molecule has 4 nitrogen and oxygen atoms in total. The van der Waals surface area contributed by atoms with Gasteiger partial charge in [-0.05, 0) is 58.4 Å². The van der Waals surface area contributed by atoms with Crippen molar-refractivity contribution >= 4 is 11.9 Å². The summed E-state index contributed by atoms with van der Waals surface area (Å²) in [7, 11) is 0.